The summed E-state index contributed by atoms with van der Waals surface area (Å²) in [6, 6.07) is 8.82. The zero-order chi connectivity index (χ0) is 15.6. The van der Waals surface area contributed by atoms with Crippen LogP contribution in [0.15, 0.2) is 34.8 Å². The summed E-state index contributed by atoms with van der Waals surface area (Å²) < 4.78 is 20.4. The van der Waals surface area contributed by atoms with Crippen molar-refractivity contribution in [3.05, 3.63) is 57.3 Å². The molecule has 0 saturated carbocycles. The third-order valence-electron chi connectivity index (χ3n) is 3.42. The van der Waals surface area contributed by atoms with E-state index in [1.54, 1.807) is 12.1 Å². The molecule has 2 nitrogen and oxygen atoms in total. The maximum Gasteiger partial charge on any atom is 0.130 e. The van der Waals surface area contributed by atoms with E-state index in [0.29, 0.717) is 5.56 Å². The fraction of sp³-hybridized carbons (Fsp3) is 0.294. The molecule has 0 atom stereocenters. The predicted molar refractivity (Wildman–Crippen MR) is 88.1 cm³/mol. The normalized spacial score (nSPS) is 11.0. The number of nitrogen functional groups attached to an aromatic ring is 1. The molecule has 0 aromatic heterocycles. The van der Waals surface area contributed by atoms with Crippen molar-refractivity contribution in [1.29, 1.82) is 0 Å². The second-order valence-corrected chi connectivity index (χ2v) is 6.34. The molecule has 0 radical (unpaired) electrons. The van der Waals surface area contributed by atoms with E-state index in [1.165, 1.54) is 6.07 Å². The molecule has 0 unspecified atom stereocenters. The first-order valence-corrected chi connectivity index (χ1v) is 7.64. The summed E-state index contributed by atoms with van der Waals surface area (Å²) >= 11 is 3.25. The largest absolute Gasteiger partial charge is 0.488 e. The minimum absolute atomic E-state index is 0.197. The van der Waals surface area contributed by atoms with E-state index in [-0.39, 0.29) is 18.3 Å². The highest BCUT2D eigenvalue weighted by molar-refractivity contribution is 9.10. The van der Waals surface area contributed by atoms with E-state index in [2.05, 4.69) is 29.8 Å². The highest BCUT2D eigenvalue weighted by Gasteiger charge is 2.12. The van der Waals surface area contributed by atoms with Crippen molar-refractivity contribution in [2.45, 2.75) is 33.3 Å². The van der Waals surface area contributed by atoms with E-state index in [4.69, 9.17) is 10.5 Å². The number of rotatable bonds is 4. The summed E-state index contributed by atoms with van der Waals surface area (Å²) in [4.78, 5) is 0. The van der Waals surface area contributed by atoms with Crippen LogP contribution in [0.4, 0.5) is 10.1 Å². The Labute approximate surface area is 133 Å². The highest BCUT2D eigenvalue weighted by atomic mass is 79.9. The molecule has 0 amide bonds. The zero-order valence-electron chi connectivity index (χ0n) is 12.4. The number of hydrogen-bond acceptors (Lipinski definition) is 2. The summed E-state index contributed by atoms with van der Waals surface area (Å²) in [5.74, 6) is 0.777. The maximum atomic E-state index is 13.8. The van der Waals surface area contributed by atoms with Crippen molar-refractivity contribution in [3.8, 4) is 5.75 Å². The van der Waals surface area contributed by atoms with Crippen LogP contribution in [0.2, 0.25) is 0 Å². The van der Waals surface area contributed by atoms with Crippen molar-refractivity contribution in [2.24, 2.45) is 0 Å². The average molecular weight is 352 g/mol. The molecule has 2 aromatic rings. The Morgan fingerprint density at radius 3 is 2.57 bits per heavy atom. The van der Waals surface area contributed by atoms with Gasteiger partial charge in [0.25, 0.3) is 0 Å². The van der Waals surface area contributed by atoms with Crippen molar-refractivity contribution >= 4 is 21.6 Å². The van der Waals surface area contributed by atoms with Gasteiger partial charge in [-0.2, -0.15) is 0 Å². The molecular formula is C17H19BrFNO. The Hall–Kier alpha value is -1.55. The molecular weight excluding hydrogens is 333 g/mol. The number of ether oxygens (including phenoxy) is 1. The minimum Gasteiger partial charge on any atom is -0.488 e. The Morgan fingerprint density at radius 1 is 1.24 bits per heavy atom. The monoisotopic (exact) mass is 351 g/mol. The molecule has 2 N–H and O–H groups in total. The van der Waals surface area contributed by atoms with Crippen LogP contribution in [0, 0.1) is 12.7 Å². The molecule has 0 spiro atoms. The minimum atomic E-state index is -0.275. The number of nitrogens with two attached hydrogens (primary N) is 1. The lowest BCUT2D eigenvalue weighted by Gasteiger charge is -2.16. The molecule has 0 fully saturated rings. The fourth-order valence-corrected chi connectivity index (χ4v) is 2.42. The number of halogens is 2. The van der Waals surface area contributed by atoms with Gasteiger partial charge >= 0.3 is 0 Å². The van der Waals surface area contributed by atoms with Gasteiger partial charge in [0.2, 0.25) is 0 Å². The van der Waals surface area contributed by atoms with Gasteiger partial charge in [-0.1, -0.05) is 35.8 Å². The van der Waals surface area contributed by atoms with Crippen molar-refractivity contribution < 1.29 is 9.13 Å². The Kier molecular flexibility index (Phi) is 4.88. The van der Waals surface area contributed by atoms with Crippen LogP contribution in [0.1, 0.15) is 36.5 Å². The number of hydrogen-bond donors (Lipinski definition) is 1. The van der Waals surface area contributed by atoms with Gasteiger partial charge in [-0.15, -0.1) is 0 Å². The summed E-state index contributed by atoms with van der Waals surface area (Å²) in [5, 5.41) is 0. The summed E-state index contributed by atoms with van der Waals surface area (Å²) in [5.41, 5.74) is 9.24. The summed E-state index contributed by atoms with van der Waals surface area (Å²) in [6.45, 7) is 6.29. The average Bonchev–Trinajstić information content (AvgIpc) is 2.41. The molecule has 0 aliphatic carbocycles. The van der Waals surface area contributed by atoms with E-state index < -0.39 is 0 Å². The number of anilines is 1. The fourth-order valence-electron chi connectivity index (χ4n) is 2.09. The lowest BCUT2D eigenvalue weighted by molar-refractivity contribution is 0.295. The van der Waals surface area contributed by atoms with Gasteiger partial charge in [-0.05, 0) is 48.2 Å². The molecule has 0 aliphatic heterocycles. The predicted octanol–water partition coefficient (Wildman–Crippen LogP) is 5.18. The van der Waals surface area contributed by atoms with Crippen LogP contribution in [0.5, 0.6) is 5.75 Å². The standard InChI is InChI=1S/C17H19BrFNO/c1-10(2)14-8-16(20)11(3)6-17(14)21-9-12-4-5-13(18)7-15(12)19/h4-8,10H,9,20H2,1-3H3. The third kappa shape index (κ3) is 3.76. The number of benzene rings is 2. The van der Waals surface area contributed by atoms with E-state index in [0.717, 1.165) is 27.0 Å². The van der Waals surface area contributed by atoms with Crippen LogP contribution in [-0.4, -0.2) is 0 Å². The van der Waals surface area contributed by atoms with Crippen molar-refractivity contribution in [1.82, 2.24) is 0 Å². The zero-order valence-corrected chi connectivity index (χ0v) is 14.0. The van der Waals surface area contributed by atoms with Crippen LogP contribution >= 0.6 is 15.9 Å². The molecule has 0 saturated heterocycles. The Balaban J connectivity index is 2.25. The molecule has 0 heterocycles. The van der Waals surface area contributed by atoms with Crippen LogP contribution < -0.4 is 10.5 Å². The Bertz CT molecular complexity index is 655. The second-order valence-electron chi connectivity index (χ2n) is 5.43. The lowest BCUT2D eigenvalue weighted by Crippen LogP contribution is -2.03. The molecule has 2 aromatic carbocycles. The van der Waals surface area contributed by atoms with Gasteiger partial charge in [0.05, 0.1) is 0 Å². The Morgan fingerprint density at radius 2 is 1.95 bits per heavy atom. The smallest absolute Gasteiger partial charge is 0.130 e. The first-order valence-electron chi connectivity index (χ1n) is 6.85. The van der Waals surface area contributed by atoms with E-state index in [9.17, 15) is 4.39 Å². The second kappa shape index (κ2) is 6.48. The van der Waals surface area contributed by atoms with E-state index in [1.807, 2.05) is 19.1 Å². The SMILES string of the molecule is Cc1cc(OCc2ccc(Br)cc2F)c(C(C)C)cc1N. The topological polar surface area (TPSA) is 35.2 Å². The molecule has 21 heavy (non-hydrogen) atoms. The van der Waals surface area contributed by atoms with E-state index >= 15 is 0 Å². The van der Waals surface area contributed by atoms with Crippen molar-refractivity contribution in [3.63, 3.8) is 0 Å². The van der Waals surface area contributed by atoms with Crippen molar-refractivity contribution in [2.75, 3.05) is 5.73 Å². The molecule has 112 valence electrons. The van der Waals surface area contributed by atoms with Gasteiger partial charge in [-0.25, -0.2) is 4.39 Å². The first-order chi connectivity index (χ1) is 9.88. The van der Waals surface area contributed by atoms with Crippen LogP contribution in [0.3, 0.4) is 0 Å². The molecule has 4 heteroatoms. The number of aryl methyl sites for hydroxylation is 1. The maximum absolute atomic E-state index is 13.8. The van der Waals surface area contributed by atoms with Crippen LogP contribution in [0.25, 0.3) is 0 Å². The quantitative estimate of drug-likeness (QED) is 0.770. The van der Waals surface area contributed by atoms with Gasteiger partial charge < -0.3 is 10.5 Å². The summed E-state index contributed by atoms with van der Waals surface area (Å²) in [7, 11) is 0. The highest BCUT2D eigenvalue weighted by Crippen LogP contribution is 2.31. The van der Waals surface area contributed by atoms with Gasteiger partial charge in [0.15, 0.2) is 0 Å². The van der Waals surface area contributed by atoms with Crippen LogP contribution in [-0.2, 0) is 6.61 Å². The third-order valence-corrected chi connectivity index (χ3v) is 3.91. The summed E-state index contributed by atoms with van der Waals surface area (Å²) in [6.07, 6.45) is 0. The van der Waals surface area contributed by atoms with Gasteiger partial charge in [0, 0.05) is 15.7 Å². The lowest BCUT2D eigenvalue weighted by atomic mass is 9.99. The first kappa shape index (κ1) is 15.8. The molecule has 0 bridgehead atoms. The van der Waals surface area contributed by atoms with Gasteiger partial charge in [0.1, 0.15) is 18.2 Å². The molecule has 0 aliphatic rings. The molecule has 2 rings (SSSR count). The van der Waals surface area contributed by atoms with Gasteiger partial charge in [-0.3, -0.25) is 0 Å².